The third-order valence-corrected chi connectivity index (χ3v) is 4.02. The Hall–Kier alpha value is -3.06. The summed E-state index contributed by atoms with van der Waals surface area (Å²) in [5, 5.41) is 10.9. The molecule has 0 amide bonds. The fourth-order valence-electron chi connectivity index (χ4n) is 2.84. The number of pyridine rings is 1. The Labute approximate surface area is 134 Å². The number of rotatable bonds is 2. The minimum atomic E-state index is -0.185. The van der Waals surface area contributed by atoms with E-state index in [9.17, 15) is 10.1 Å². The van der Waals surface area contributed by atoms with E-state index in [-0.39, 0.29) is 5.56 Å². The van der Waals surface area contributed by atoms with Gasteiger partial charge >= 0.3 is 0 Å². The van der Waals surface area contributed by atoms with Crippen LogP contribution in [0.4, 0.5) is 0 Å². The van der Waals surface area contributed by atoms with Crippen LogP contribution in [-0.4, -0.2) is 11.7 Å². The molecule has 0 aliphatic heterocycles. The minimum absolute atomic E-state index is 0.185. The Morgan fingerprint density at radius 1 is 1.13 bits per heavy atom. The second kappa shape index (κ2) is 5.62. The maximum absolute atomic E-state index is 12.5. The summed E-state index contributed by atoms with van der Waals surface area (Å²) in [6, 6.07) is 15.4. The molecule has 0 spiro atoms. The highest BCUT2D eigenvalue weighted by Gasteiger charge is 2.17. The lowest BCUT2D eigenvalue weighted by Gasteiger charge is -2.14. The first-order valence-electron chi connectivity index (χ1n) is 7.24. The Balaban J connectivity index is 2.54. The molecule has 4 heteroatoms. The predicted octanol–water partition coefficient (Wildman–Crippen LogP) is 3.39. The summed E-state index contributed by atoms with van der Waals surface area (Å²) in [7, 11) is 3.21. The molecule has 0 bridgehead atoms. The summed E-state index contributed by atoms with van der Waals surface area (Å²) >= 11 is 0. The van der Waals surface area contributed by atoms with Crippen molar-refractivity contribution in [3.63, 3.8) is 0 Å². The maximum Gasteiger partial charge on any atom is 0.259 e. The molecule has 1 heterocycles. The van der Waals surface area contributed by atoms with E-state index in [1.54, 1.807) is 26.3 Å². The fraction of sp³-hybridized carbons (Fsp3) is 0.158. The number of benzene rings is 2. The van der Waals surface area contributed by atoms with Crippen LogP contribution in [0.25, 0.3) is 21.9 Å². The third-order valence-electron chi connectivity index (χ3n) is 4.02. The van der Waals surface area contributed by atoms with Crippen molar-refractivity contribution in [2.45, 2.75) is 6.92 Å². The zero-order chi connectivity index (χ0) is 16.6. The lowest BCUT2D eigenvalue weighted by molar-refractivity contribution is 0.415. The highest BCUT2D eigenvalue weighted by Crippen LogP contribution is 2.32. The van der Waals surface area contributed by atoms with E-state index in [2.05, 4.69) is 6.07 Å². The number of hydrogen-bond donors (Lipinski definition) is 0. The van der Waals surface area contributed by atoms with Gasteiger partial charge in [-0.1, -0.05) is 29.8 Å². The average Bonchev–Trinajstić information content (AvgIpc) is 2.57. The van der Waals surface area contributed by atoms with Crippen molar-refractivity contribution in [3.8, 4) is 22.9 Å². The minimum Gasteiger partial charge on any atom is -0.497 e. The van der Waals surface area contributed by atoms with Crippen LogP contribution in [0.3, 0.4) is 0 Å². The lowest BCUT2D eigenvalue weighted by atomic mass is 9.96. The van der Waals surface area contributed by atoms with Crippen molar-refractivity contribution >= 4 is 10.8 Å². The molecule has 3 aromatic rings. The van der Waals surface area contributed by atoms with Crippen molar-refractivity contribution in [2.24, 2.45) is 7.05 Å². The molecule has 2 aromatic carbocycles. The molecule has 0 aliphatic carbocycles. The van der Waals surface area contributed by atoms with Gasteiger partial charge in [-0.25, -0.2) is 0 Å². The highest BCUT2D eigenvalue weighted by molar-refractivity contribution is 5.99. The summed E-state index contributed by atoms with van der Waals surface area (Å²) in [5.41, 5.74) is 2.93. The van der Waals surface area contributed by atoms with Gasteiger partial charge in [0.25, 0.3) is 5.56 Å². The molecule has 0 radical (unpaired) electrons. The van der Waals surface area contributed by atoms with Crippen molar-refractivity contribution in [1.82, 2.24) is 4.57 Å². The molecule has 0 atom stereocenters. The number of nitriles is 1. The van der Waals surface area contributed by atoms with Crippen molar-refractivity contribution in [2.75, 3.05) is 7.11 Å². The summed E-state index contributed by atoms with van der Waals surface area (Å²) in [5.74, 6) is 0.656. The van der Waals surface area contributed by atoms with Gasteiger partial charge in [0.2, 0.25) is 0 Å². The van der Waals surface area contributed by atoms with Gasteiger partial charge in [-0.2, -0.15) is 5.26 Å². The largest absolute Gasteiger partial charge is 0.497 e. The number of ether oxygens (including phenoxy) is 1. The van der Waals surface area contributed by atoms with Crippen LogP contribution in [0.1, 0.15) is 11.3 Å². The van der Waals surface area contributed by atoms with Gasteiger partial charge in [-0.3, -0.25) is 4.79 Å². The van der Waals surface area contributed by atoms with E-state index >= 15 is 0 Å². The lowest BCUT2D eigenvalue weighted by Crippen LogP contribution is -2.20. The smallest absolute Gasteiger partial charge is 0.259 e. The molecular formula is C19H16N2O2. The number of aromatic nitrogens is 1. The van der Waals surface area contributed by atoms with E-state index in [0.29, 0.717) is 16.8 Å². The molecule has 0 unspecified atom stereocenters. The van der Waals surface area contributed by atoms with Crippen LogP contribution in [-0.2, 0) is 7.05 Å². The van der Waals surface area contributed by atoms with E-state index in [4.69, 9.17) is 4.74 Å². The Morgan fingerprint density at radius 3 is 2.57 bits per heavy atom. The summed E-state index contributed by atoms with van der Waals surface area (Å²) < 4.78 is 6.70. The van der Waals surface area contributed by atoms with Crippen molar-refractivity contribution < 1.29 is 4.74 Å². The monoisotopic (exact) mass is 304 g/mol. The van der Waals surface area contributed by atoms with Crippen LogP contribution in [0.2, 0.25) is 0 Å². The van der Waals surface area contributed by atoms with Crippen LogP contribution in [0, 0.1) is 18.3 Å². The SMILES string of the molecule is COc1ccc2c(=O)n(C)c(C#N)c(-c3cccc(C)c3)c2c1. The molecule has 0 N–H and O–H groups in total. The Morgan fingerprint density at radius 2 is 1.91 bits per heavy atom. The predicted molar refractivity (Wildman–Crippen MR) is 90.6 cm³/mol. The second-order valence-corrected chi connectivity index (χ2v) is 5.48. The van der Waals surface area contributed by atoms with E-state index < -0.39 is 0 Å². The van der Waals surface area contributed by atoms with Crippen molar-refractivity contribution in [3.05, 3.63) is 64.1 Å². The first-order valence-corrected chi connectivity index (χ1v) is 7.24. The van der Waals surface area contributed by atoms with Crippen LogP contribution in [0.5, 0.6) is 5.75 Å². The molecule has 0 aliphatic rings. The average molecular weight is 304 g/mol. The third kappa shape index (κ3) is 2.36. The normalized spacial score (nSPS) is 10.5. The molecule has 1 aromatic heterocycles. The molecule has 114 valence electrons. The topological polar surface area (TPSA) is 55.0 Å². The Bertz CT molecular complexity index is 1010. The maximum atomic E-state index is 12.5. The molecular weight excluding hydrogens is 288 g/mol. The van der Waals surface area contributed by atoms with Gasteiger partial charge in [-0.05, 0) is 30.7 Å². The number of hydrogen-bond acceptors (Lipinski definition) is 3. The first kappa shape index (κ1) is 14.9. The molecule has 0 saturated heterocycles. The van der Waals surface area contributed by atoms with Gasteiger partial charge in [-0.15, -0.1) is 0 Å². The number of methoxy groups -OCH3 is 1. The van der Waals surface area contributed by atoms with E-state index in [0.717, 1.165) is 22.1 Å². The second-order valence-electron chi connectivity index (χ2n) is 5.48. The number of nitrogens with zero attached hydrogens (tertiary/aromatic N) is 2. The van der Waals surface area contributed by atoms with Crippen molar-refractivity contribution in [1.29, 1.82) is 5.26 Å². The summed E-state index contributed by atoms with van der Waals surface area (Å²) in [6.45, 7) is 2.00. The van der Waals surface area contributed by atoms with Gasteiger partial charge in [0.1, 0.15) is 17.5 Å². The van der Waals surface area contributed by atoms with Gasteiger partial charge < -0.3 is 9.30 Å². The Kier molecular flexibility index (Phi) is 3.63. The number of fused-ring (bicyclic) bond motifs is 1. The van der Waals surface area contributed by atoms with E-state index in [1.165, 1.54) is 4.57 Å². The zero-order valence-corrected chi connectivity index (χ0v) is 13.3. The highest BCUT2D eigenvalue weighted by atomic mass is 16.5. The quantitative estimate of drug-likeness (QED) is 0.729. The molecule has 4 nitrogen and oxygen atoms in total. The van der Waals surface area contributed by atoms with Crippen LogP contribution >= 0.6 is 0 Å². The van der Waals surface area contributed by atoms with E-state index in [1.807, 2.05) is 37.3 Å². The standard InChI is InChI=1S/C19H16N2O2/c1-12-5-4-6-13(9-12)18-16-10-14(23-3)7-8-15(16)19(22)21(2)17(18)11-20/h4-10H,1-3H3. The summed E-state index contributed by atoms with van der Waals surface area (Å²) in [6.07, 6.45) is 0. The first-order chi connectivity index (χ1) is 11.1. The van der Waals surface area contributed by atoms with Gasteiger partial charge in [0.05, 0.1) is 7.11 Å². The van der Waals surface area contributed by atoms with Gasteiger partial charge in [0.15, 0.2) is 0 Å². The van der Waals surface area contributed by atoms with Crippen LogP contribution in [0.15, 0.2) is 47.3 Å². The van der Waals surface area contributed by atoms with Crippen LogP contribution < -0.4 is 10.3 Å². The molecule has 0 saturated carbocycles. The number of aryl methyl sites for hydroxylation is 1. The fourth-order valence-corrected chi connectivity index (χ4v) is 2.84. The molecule has 3 rings (SSSR count). The molecule has 0 fully saturated rings. The summed E-state index contributed by atoms with van der Waals surface area (Å²) in [4.78, 5) is 12.5. The molecule has 23 heavy (non-hydrogen) atoms. The van der Waals surface area contributed by atoms with Gasteiger partial charge in [0, 0.05) is 23.4 Å². The zero-order valence-electron chi connectivity index (χ0n) is 13.3.